The summed E-state index contributed by atoms with van der Waals surface area (Å²) in [6, 6.07) is 14.7. The van der Waals surface area contributed by atoms with Crippen molar-refractivity contribution in [3.05, 3.63) is 66.6 Å². The average molecular weight is 207 g/mol. The van der Waals surface area contributed by atoms with Gasteiger partial charge in [-0.2, -0.15) is 0 Å². The van der Waals surface area contributed by atoms with Crippen molar-refractivity contribution in [3.63, 3.8) is 0 Å². The standard InChI is InChI=1S/C15H11O/c1-2-8-14-12(5-1)6-3-9-15(14)13-7-4-10-16-11-13/h1-6,8-10H,7H2. The quantitative estimate of drug-likeness (QED) is 0.688. The largest absolute Gasteiger partial charge is 0.461 e. The molecule has 0 bridgehead atoms. The number of allylic oxidation sites excluding steroid dienone is 2. The summed E-state index contributed by atoms with van der Waals surface area (Å²) in [6.07, 6.45) is 7.52. The molecule has 0 aliphatic carbocycles. The van der Waals surface area contributed by atoms with Gasteiger partial charge in [-0.25, -0.2) is 0 Å². The molecule has 0 saturated heterocycles. The maximum Gasteiger partial charge on any atom is 0.173 e. The van der Waals surface area contributed by atoms with Crippen molar-refractivity contribution in [3.8, 4) is 0 Å². The van der Waals surface area contributed by atoms with E-state index in [4.69, 9.17) is 4.74 Å². The number of ether oxygens (including phenoxy) is 1. The zero-order valence-electron chi connectivity index (χ0n) is 8.81. The lowest BCUT2D eigenvalue weighted by Crippen LogP contribution is -1.90. The zero-order chi connectivity index (χ0) is 10.8. The Labute approximate surface area is 94.7 Å². The summed E-state index contributed by atoms with van der Waals surface area (Å²) >= 11 is 0. The van der Waals surface area contributed by atoms with Crippen LogP contribution >= 0.6 is 0 Å². The molecule has 77 valence electrons. The van der Waals surface area contributed by atoms with Crippen LogP contribution in [0.3, 0.4) is 0 Å². The second-order valence-electron chi connectivity index (χ2n) is 3.80. The van der Waals surface area contributed by atoms with E-state index in [0.29, 0.717) is 0 Å². The summed E-state index contributed by atoms with van der Waals surface area (Å²) in [5, 5.41) is 2.51. The number of hydrogen-bond acceptors (Lipinski definition) is 1. The van der Waals surface area contributed by atoms with E-state index in [1.165, 1.54) is 16.3 Å². The molecule has 1 nitrogen and oxygen atoms in total. The monoisotopic (exact) mass is 207 g/mol. The van der Waals surface area contributed by atoms with Gasteiger partial charge in [0.15, 0.2) is 6.26 Å². The highest BCUT2D eigenvalue weighted by Crippen LogP contribution is 2.28. The molecule has 1 radical (unpaired) electrons. The molecule has 0 spiro atoms. The van der Waals surface area contributed by atoms with E-state index in [1.807, 2.05) is 6.08 Å². The van der Waals surface area contributed by atoms with Crippen molar-refractivity contribution in [2.75, 3.05) is 0 Å². The molecule has 2 aromatic rings. The third kappa shape index (κ3) is 1.50. The molecule has 1 heteroatoms. The van der Waals surface area contributed by atoms with Gasteiger partial charge in [-0.1, -0.05) is 42.5 Å². The first kappa shape index (κ1) is 9.22. The fourth-order valence-corrected chi connectivity index (χ4v) is 2.01. The van der Waals surface area contributed by atoms with Crippen molar-refractivity contribution >= 4 is 16.3 Å². The van der Waals surface area contributed by atoms with Crippen LogP contribution in [-0.2, 0) is 4.74 Å². The minimum atomic E-state index is 0.883. The van der Waals surface area contributed by atoms with Crippen LogP contribution in [0.5, 0.6) is 0 Å². The third-order valence-corrected chi connectivity index (χ3v) is 2.78. The molecular weight excluding hydrogens is 196 g/mol. The van der Waals surface area contributed by atoms with Crippen LogP contribution in [0, 0.1) is 6.26 Å². The SMILES string of the molecule is [C]1=C(c2cccc3ccccc23)CC=CO1. The van der Waals surface area contributed by atoms with Crippen LogP contribution in [-0.4, -0.2) is 0 Å². The predicted molar refractivity (Wildman–Crippen MR) is 65.4 cm³/mol. The summed E-state index contributed by atoms with van der Waals surface area (Å²) in [5.41, 5.74) is 2.32. The first-order valence-corrected chi connectivity index (χ1v) is 5.36. The topological polar surface area (TPSA) is 9.23 Å². The molecule has 1 aliphatic rings. The van der Waals surface area contributed by atoms with Crippen molar-refractivity contribution < 1.29 is 4.74 Å². The van der Waals surface area contributed by atoms with Crippen LogP contribution in [0.1, 0.15) is 12.0 Å². The summed E-state index contributed by atoms with van der Waals surface area (Å²) in [5.74, 6) is 0. The van der Waals surface area contributed by atoms with E-state index in [1.54, 1.807) is 6.26 Å². The van der Waals surface area contributed by atoms with Crippen LogP contribution in [0.2, 0.25) is 0 Å². The van der Waals surface area contributed by atoms with Gasteiger partial charge in [0.2, 0.25) is 0 Å². The van der Waals surface area contributed by atoms with E-state index in [9.17, 15) is 0 Å². The fourth-order valence-electron chi connectivity index (χ4n) is 2.01. The highest BCUT2D eigenvalue weighted by Gasteiger charge is 2.07. The predicted octanol–water partition coefficient (Wildman–Crippen LogP) is 3.92. The highest BCUT2D eigenvalue weighted by atomic mass is 16.5. The van der Waals surface area contributed by atoms with E-state index in [2.05, 4.69) is 48.7 Å². The van der Waals surface area contributed by atoms with Gasteiger partial charge in [0.25, 0.3) is 0 Å². The zero-order valence-corrected chi connectivity index (χ0v) is 8.81. The van der Waals surface area contributed by atoms with Crippen LogP contribution in [0.4, 0.5) is 0 Å². The molecule has 16 heavy (non-hydrogen) atoms. The molecule has 0 saturated carbocycles. The lowest BCUT2D eigenvalue weighted by Gasteiger charge is -2.10. The van der Waals surface area contributed by atoms with Gasteiger partial charge in [0, 0.05) is 5.57 Å². The molecule has 0 aromatic heterocycles. The summed E-state index contributed by atoms with van der Waals surface area (Å²) in [4.78, 5) is 0. The lowest BCUT2D eigenvalue weighted by molar-refractivity contribution is 0.370. The Balaban J connectivity index is 2.20. The second-order valence-corrected chi connectivity index (χ2v) is 3.80. The Morgan fingerprint density at radius 2 is 1.88 bits per heavy atom. The smallest absolute Gasteiger partial charge is 0.173 e. The summed E-state index contributed by atoms with van der Waals surface area (Å²) in [7, 11) is 0. The third-order valence-electron chi connectivity index (χ3n) is 2.78. The maximum atomic E-state index is 5.12. The number of fused-ring (bicyclic) bond motifs is 1. The average Bonchev–Trinajstić information content (AvgIpc) is 2.39. The van der Waals surface area contributed by atoms with Crippen molar-refractivity contribution in [2.45, 2.75) is 6.42 Å². The van der Waals surface area contributed by atoms with Crippen molar-refractivity contribution in [1.29, 1.82) is 0 Å². The molecule has 3 rings (SSSR count). The van der Waals surface area contributed by atoms with E-state index in [-0.39, 0.29) is 0 Å². The molecule has 2 aromatic carbocycles. The normalized spacial score (nSPS) is 14.6. The number of rotatable bonds is 1. The highest BCUT2D eigenvalue weighted by molar-refractivity contribution is 5.93. The van der Waals surface area contributed by atoms with Crippen LogP contribution in [0.25, 0.3) is 16.3 Å². The van der Waals surface area contributed by atoms with Gasteiger partial charge in [-0.3, -0.25) is 0 Å². The van der Waals surface area contributed by atoms with Crippen molar-refractivity contribution in [1.82, 2.24) is 0 Å². The summed E-state index contributed by atoms with van der Waals surface area (Å²) < 4.78 is 5.12. The van der Waals surface area contributed by atoms with Gasteiger partial charge in [0.1, 0.15) is 0 Å². The first-order chi connectivity index (χ1) is 7.95. The summed E-state index contributed by atoms with van der Waals surface area (Å²) in [6.45, 7) is 0. The van der Waals surface area contributed by atoms with E-state index >= 15 is 0 Å². The molecule has 1 aliphatic heterocycles. The Morgan fingerprint density at radius 3 is 2.75 bits per heavy atom. The van der Waals surface area contributed by atoms with E-state index in [0.717, 1.165) is 12.0 Å². The van der Waals surface area contributed by atoms with Gasteiger partial charge in [0.05, 0.1) is 6.26 Å². The van der Waals surface area contributed by atoms with Crippen molar-refractivity contribution in [2.24, 2.45) is 0 Å². The Morgan fingerprint density at radius 1 is 1.00 bits per heavy atom. The molecule has 1 heterocycles. The number of benzene rings is 2. The number of hydrogen-bond donors (Lipinski definition) is 0. The Kier molecular flexibility index (Phi) is 2.22. The molecule has 0 atom stereocenters. The first-order valence-electron chi connectivity index (χ1n) is 5.36. The Bertz CT molecular complexity index is 574. The van der Waals surface area contributed by atoms with Crippen LogP contribution in [0.15, 0.2) is 54.8 Å². The van der Waals surface area contributed by atoms with Gasteiger partial charge in [-0.15, -0.1) is 0 Å². The fraction of sp³-hybridized carbons (Fsp3) is 0.0667. The minimum absolute atomic E-state index is 0.883. The molecule has 0 N–H and O–H groups in total. The van der Waals surface area contributed by atoms with Gasteiger partial charge < -0.3 is 4.74 Å². The molecular formula is C15H11O. The Hall–Kier alpha value is -2.02. The van der Waals surface area contributed by atoms with E-state index < -0.39 is 0 Å². The van der Waals surface area contributed by atoms with Gasteiger partial charge in [-0.05, 0) is 28.8 Å². The van der Waals surface area contributed by atoms with Crippen LogP contribution < -0.4 is 0 Å². The second kappa shape index (κ2) is 3.86. The molecule has 0 unspecified atom stereocenters. The minimum Gasteiger partial charge on any atom is -0.461 e. The maximum absolute atomic E-state index is 5.12. The lowest BCUT2D eigenvalue weighted by atomic mass is 9.97. The molecule has 0 fully saturated rings. The van der Waals surface area contributed by atoms with Gasteiger partial charge >= 0.3 is 0 Å². The molecule has 0 amide bonds.